The number of benzene rings is 1. The maximum atomic E-state index is 9.28. The molecular formula is C11H10N4O3. The van der Waals surface area contributed by atoms with Gasteiger partial charge in [-0.25, -0.2) is 15.4 Å². The molecule has 0 fully saturated rings. The van der Waals surface area contributed by atoms with Gasteiger partial charge in [0.1, 0.15) is 0 Å². The Balaban J connectivity index is 2.10. The van der Waals surface area contributed by atoms with Crippen molar-refractivity contribution >= 4 is 12.2 Å². The van der Waals surface area contributed by atoms with Crippen LogP contribution >= 0.6 is 0 Å². The van der Waals surface area contributed by atoms with Crippen LogP contribution in [0.25, 0.3) is 0 Å². The molecule has 0 atom stereocenters. The molecule has 1 aromatic heterocycles. The number of aromatic nitrogens is 2. The molecule has 0 saturated carbocycles. The predicted molar refractivity (Wildman–Crippen MR) is 64.7 cm³/mol. The number of aromatic hydroxyl groups is 3. The fourth-order valence-electron chi connectivity index (χ4n) is 1.22. The van der Waals surface area contributed by atoms with Crippen LogP contribution in [0.1, 0.15) is 5.56 Å². The van der Waals surface area contributed by atoms with E-state index in [9.17, 15) is 10.2 Å². The Morgan fingerprint density at radius 1 is 1.06 bits per heavy atom. The zero-order chi connectivity index (χ0) is 13.0. The molecule has 0 aliphatic carbocycles. The first-order valence-electron chi connectivity index (χ1n) is 4.98. The van der Waals surface area contributed by atoms with Gasteiger partial charge in [0.15, 0.2) is 17.2 Å². The summed E-state index contributed by atoms with van der Waals surface area (Å²) < 4.78 is 0. The van der Waals surface area contributed by atoms with Crippen molar-refractivity contribution < 1.29 is 15.3 Å². The number of nitrogens with one attached hydrogen (secondary N) is 1. The Morgan fingerprint density at radius 2 is 1.67 bits per heavy atom. The van der Waals surface area contributed by atoms with Crippen molar-refractivity contribution in [3.63, 3.8) is 0 Å². The van der Waals surface area contributed by atoms with Crippen molar-refractivity contribution in [1.29, 1.82) is 0 Å². The van der Waals surface area contributed by atoms with Crippen LogP contribution in [0, 0.1) is 0 Å². The number of hydrogen-bond acceptors (Lipinski definition) is 7. The minimum absolute atomic E-state index is 0.320. The summed E-state index contributed by atoms with van der Waals surface area (Å²) in [7, 11) is 0. The Morgan fingerprint density at radius 3 is 2.28 bits per heavy atom. The van der Waals surface area contributed by atoms with Crippen LogP contribution in [0.5, 0.6) is 17.2 Å². The second-order valence-corrected chi connectivity index (χ2v) is 3.35. The van der Waals surface area contributed by atoms with Gasteiger partial charge in [-0.2, -0.15) is 5.10 Å². The molecule has 1 heterocycles. The van der Waals surface area contributed by atoms with Gasteiger partial charge in [0.05, 0.1) is 6.21 Å². The predicted octanol–water partition coefficient (Wildman–Crippen LogP) is 1.04. The minimum Gasteiger partial charge on any atom is -0.504 e. The quantitative estimate of drug-likeness (QED) is 0.366. The summed E-state index contributed by atoms with van der Waals surface area (Å²) >= 11 is 0. The summed E-state index contributed by atoms with van der Waals surface area (Å²) in [6.07, 6.45) is 4.46. The van der Waals surface area contributed by atoms with Crippen LogP contribution < -0.4 is 5.43 Å². The molecule has 18 heavy (non-hydrogen) atoms. The smallest absolute Gasteiger partial charge is 0.243 e. The summed E-state index contributed by atoms with van der Waals surface area (Å²) in [6.45, 7) is 0. The molecule has 2 aromatic rings. The first-order chi connectivity index (χ1) is 8.66. The Hall–Kier alpha value is -2.83. The van der Waals surface area contributed by atoms with Gasteiger partial charge in [-0.05, 0) is 18.2 Å². The molecule has 7 heteroatoms. The van der Waals surface area contributed by atoms with Gasteiger partial charge in [-0.1, -0.05) is 0 Å². The molecule has 0 saturated heterocycles. The van der Waals surface area contributed by atoms with Gasteiger partial charge in [0.25, 0.3) is 0 Å². The van der Waals surface area contributed by atoms with Crippen molar-refractivity contribution in [1.82, 2.24) is 9.97 Å². The lowest BCUT2D eigenvalue weighted by molar-refractivity contribution is 0.368. The van der Waals surface area contributed by atoms with E-state index in [1.165, 1.54) is 18.3 Å². The fraction of sp³-hybridized carbons (Fsp3) is 0. The average molecular weight is 246 g/mol. The second-order valence-electron chi connectivity index (χ2n) is 3.35. The van der Waals surface area contributed by atoms with E-state index in [0.717, 1.165) is 0 Å². The van der Waals surface area contributed by atoms with E-state index in [0.29, 0.717) is 11.5 Å². The van der Waals surface area contributed by atoms with Crippen LogP contribution in [0.4, 0.5) is 5.95 Å². The van der Waals surface area contributed by atoms with E-state index in [1.54, 1.807) is 18.5 Å². The summed E-state index contributed by atoms with van der Waals surface area (Å²) in [4.78, 5) is 7.77. The fourth-order valence-corrected chi connectivity index (χ4v) is 1.22. The van der Waals surface area contributed by atoms with E-state index in [1.807, 2.05) is 0 Å². The van der Waals surface area contributed by atoms with E-state index in [4.69, 9.17) is 5.11 Å². The van der Waals surface area contributed by atoms with Crippen molar-refractivity contribution in [3.8, 4) is 17.2 Å². The number of hydrogen-bond donors (Lipinski definition) is 4. The number of nitrogens with zero attached hydrogens (tertiary/aromatic N) is 3. The van der Waals surface area contributed by atoms with Crippen molar-refractivity contribution in [3.05, 3.63) is 36.2 Å². The summed E-state index contributed by atoms with van der Waals surface area (Å²) in [5.74, 6) is -1.09. The standard InChI is InChI=1S/C11H10N4O3/c16-8-4-7(5-9(17)10(8)18)6-14-15-11-12-2-1-3-13-11/h1-6,16-18H,(H,12,13,15)/b14-6-. The van der Waals surface area contributed by atoms with Gasteiger partial charge in [0, 0.05) is 18.0 Å². The lowest BCUT2D eigenvalue weighted by Crippen LogP contribution is -1.95. The van der Waals surface area contributed by atoms with Crippen LogP contribution in [-0.4, -0.2) is 31.5 Å². The first kappa shape index (κ1) is 11.6. The normalized spacial score (nSPS) is 10.7. The maximum absolute atomic E-state index is 9.28. The Bertz CT molecular complexity index is 549. The van der Waals surface area contributed by atoms with Gasteiger partial charge in [-0.3, -0.25) is 0 Å². The van der Waals surface area contributed by atoms with Crippen LogP contribution in [-0.2, 0) is 0 Å². The molecule has 0 aliphatic heterocycles. The lowest BCUT2D eigenvalue weighted by Gasteiger charge is -2.02. The van der Waals surface area contributed by atoms with Crippen LogP contribution in [0.3, 0.4) is 0 Å². The number of phenolic OH excluding ortho intramolecular Hbond substituents is 3. The molecule has 0 radical (unpaired) electrons. The average Bonchev–Trinajstić information content (AvgIpc) is 2.37. The molecule has 92 valence electrons. The molecule has 0 spiro atoms. The highest BCUT2D eigenvalue weighted by atomic mass is 16.3. The van der Waals surface area contributed by atoms with Crippen molar-refractivity contribution in [2.24, 2.45) is 5.10 Å². The van der Waals surface area contributed by atoms with Gasteiger partial charge < -0.3 is 15.3 Å². The van der Waals surface area contributed by atoms with Crippen molar-refractivity contribution in [2.75, 3.05) is 5.43 Å². The van der Waals surface area contributed by atoms with E-state index in [-0.39, 0.29) is 0 Å². The highest BCUT2D eigenvalue weighted by Gasteiger charge is 2.06. The van der Waals surface area contributed by atoms with Gasteiger partial charge in [0.2, 0.25) is 5.95 Å². The summed E-state index contributed by atoms with van der Waals surface area (Å²) in [6, 6.07) is 4.18. The number of anilines is 1. The SMILES string of the molecule is Oc1cc(/C=N\Nc2ncccn2)cc(O)c1O. The third-order valence-electron chi connectivity index (χ3n) is 2.04. The zero-order valence-corrected chi connectivity index (χ0v) is 9.15. The van der Waals surface area contributed by atoms with Gasteiger partial charge >= 0.3 is 0 Å². The van der Waals surface area contributed by atoms with E-state index in [2.05, 4.69) is 20.5 Å². The molecule has 0 aliphatic rings. The topological polar surface area (TPSA) is 111 Å². The van der Waals surface area contributed by atoms with Crippen LogP contribution in [0.2, 0.25) is 0 Å². The van der Waals surface area contributed by atoms with Crippen LogP contribution in [0.15, 0.2) is 35.7 Å². The molecule has 0 unspecified atom stereocenters. The van der Waals surface area contributed by atoms with Gasteiger partial charge in [-0.15, -0.1) is 0 Å². The molecule has 7 nitrogen and oxygen atoms in total. The molecule has 0 amide bonds. The largest absolute Gasteiger partial charge is 0.504 e. The van der Waals surface area contributed by atoms with E-state index >= 15 is 0 Å². The monoisotopic (exact) mass is 246 g/mol. The zero-order valence-electron chi connectivity index (χ0n) is 9.15. The minimum atomic E-state index is -0.563. The maximum Gasteiger partial charge on any atom is 0.243 e. The number of phenols is 3. The highest BCUT2D eigenvalue weighted by Crippen LogP contribution is 2.34. The molecule has 0 bridgehead atoms. The molecule has 2 rings (SSSR count). The van der Waals surface area contributed by atoms with E-state index < -0.39 is 17.2 Å². The number of hydrazone groups is 1. The third-order valence-corrected chi connectivity index (χ3v) is 2.04. The molecular weight excluding hydrogens is 236 g/mol. The highest BCUT2D eigenvalue weighted by molar-refractivity contribution is 5.82. The first-order valence-corrected chi connectivity index (χ1v) is 4.98. The summed E-state index contributed by atoms with van der Waals surface area (Å²) in [5.41, 5.74) is 2.98. The third kappa shape index (κ3) is 2.64. The molecule has 1 aromatic carbocycles. The summed E-state index contributed by atoms with van der Waals surface area (Å²) in [5, 5.41) is 31.5. The van der Waals surface area contributed by atoms with Crippen molar-refractivity contribution in [2.45, 2.75) is 0 Å². The lowest BCUT2D eigenvalue weighted by atomic mass is 10.2. The Labute approximate surface area is 102 Å². The molecule has 4 N–H and O–H groups in total. The number of rotatable bonds is 3. The Kier molecular flexibility index (Phi) is 3.24. The second kappa shape index (κ2) is 5.00.